The van der Waals surface area contributed by atoms with Crippen molar-refractivity contribution in [2.45, 2.75) is 6.10 Å². The molecule has 5 nitrogen and oxygen atoms in total. The minimum Gasteiger partial charge on any atom is -0.486 e. The molecule has 2 N–H and O–H groups in total. The van der Waals surface area contributed by atoms with Gasteiger partial charge in [0.1, 0.15) is 13.2 Å². The number of halogens is 1. The number of carbonyl (C=O) groups excluding carboxylic acids is 1. The van der Waals surface area contributed by atoms with Gasteiger partial charge in [-0.05, 0) is 35.9 Å². The Labute approximate surface area is 138 Å². The van der Waals surface area contributed by atoms with Crippen LogP contribution in [0, 0.1) is 0 Å². The summed E-state index contributed by atoms with van der Waals surface area (Å²) in [5, 5.41) is 13.4. The first-order valence-electron chi connectivity index (χ1n) is 7.25. The van der Waals surface area contributed by atoms with Crippen molar-refractivity contribution in [3.8, 4) is 11.5 Å². The van der Waals surface area contributed by atoms with E-state index in [1.807, 2.05) is 0 Å². The summed E-state index contributed by atoms with van der Waals surface area (Å²) in [6, 6.07) is 11.9. The monoisotopic (exact) mass is 333 g/mol. The molecule has 1 heterocycles. The molecule has 0 bridgehead atoms. The number of benzene rings is 2. The molecule has 1 atom stereocenters. The molecule has 0 radical (unpaired) electrons. The predicted octanol–water partition coefficient (Wildman–Crippen LogP) is 2.57. The molecule has 0 aliphatic carbocycles. The van der Waals surface area contributed by atoms with Gasteiger partial charge in [0.2, 0.25) is 0 Å². The van der Waals surface area contributed by atoms with Crippen molar-refractivity contribution in [1.29, 1.82) is 0 Å². The van der Waals surface area contributed by atoms with Gasteiger partial charge in [0.25, 0.3) is 5.91 Å². The SMILES string of the molecule is O=C(NCC(O)c1ccc2c(c1)OCCO2)c1cccc(Cl)c1. The maximum atomic E-state index is 12.0. The van der Waals surface area contributed by atoms with E-state index in [9.17, 15) is 9.90 Å². The first kappa shape index (κ1) is 15.6. The highest BCUT2D eigenvalue weighted by Gasteiger charge is 2.16. The molecule has 2 aromatic rings. The Balaban J connectivity index is 1.63. The fourth-order valence-corrected chi connectivity index (χ4v) is 2.50. The van der Waals surface area contributed by atoms with Crippen molar-refractivity contribution in [3.63, 3.8) is 0 Å². The van der Waals surface area contributed by atoms with Crippen molar-refractivity contribution in [2.75, 3.05) is 19.8 Å². The zero-order valence-corrected chi connectivity index (χ0v) is 13.0. The molecule has 6 heteroatoms. The van der Waals surface area contributed by atoms with Crippen LogP contribution in [-0.2, 0) is 0 Å². The highest BCUT2D eigenvalue weighted by Crippen LogP contribution is 2.32. The molecular weight excluding hydrogens is 318 g/mol. The van der Waals surface area contributed by atoms with Gasteiger partial charge in [-0.1, -0.05) is 23.7 Å². The molecule has 1 aliphatic heterocycles. The smallest absolute Gasteiger partial charge is 0.251 e. The molecule has 3 rings (SSSR count). The minimum atomic E-state index is -0.839. The van der Waals surface area contributed by atoms with Gasteiger partial charge in [-0.2, -0.15) is 0 Å². The third kappa shape index (κ3) is 3.75. The van der Waals surface area contributed by atoms with Gasteiger partial charge < -0.3 is 19.9 Å². The van der Waals surface area contributed by atoms with Gasteiger partial charge >= 0.3 is 0 Å². The van der Waals surface area contributed by atoms with E-state index in [-0.39, 0.29) is 12.5 Å². The topological polar surface area (TPSA) is 67.8 Å². The summed E-state index contributed by atoms with van der Waals surface area (Å²) in [5.41, 5.74) is 1.10. The highest BCUT2D eigenvalue weighted by atomic mass is 35.5. The number of aliphatic hydroxyl groups is 1. The molecule has 2 aromatic carbocycles. The summed E-state index contributed by atoms with van der Waals surface area (Å²) < 4.78 is 10.9. The largest absolute Gasteiger partial charge is 0.486 e. The fourth-order valence-electron chi connectivity index (χ4n) is 2.31. The first-order chi connectivity index (χ1) is 11.1. The lowest BCUT2D eigenvalue weighted by Crippen LogP contribution is -2.28. The number of amides is 1. The molecule has 120 valence electrons. The van der Waals surface area contributed by atoms with Crippen LogP contribution in [0.2, 0.25) is 5.02 Å². The number of fused-ring (bicyclic) bond motifs is 1. The number of hydrogen-bond acceptors (Lipinski definition) is 4. The van der Waals surface area contributed by atoms with Crippen LogP contribution in [0.1, 0.15) is 22.0 Å². The maximum absolute atomic E-state index is 12.0. The number of ether oxygens (including phenoxy) is 2. The number of nitrogens with one attached hydrogen (secondary N) is 1. The van der Waals surface area contributed by atoms with Crippen molar-refractivity contribution in [1.82, 2.24) is 5.32 Å². The van der Waals surface area contributed by atoms with Crippen molar-refractivity contribution >= 4 is 17.5 Å². The van der Waals surface area contributed by atoms with E-state index < -0.39 is 6.10 Å². The standard InChI is InChI=1S/C17H16ClNO4/c18-13-3-1-2-12(8-13)17(21)19-10-14(20)11-4-5-15-16(9-11)23-7-6-22-15/h1-5,8-9,14,20H,6-7,10H2,(H,19,21). The van der Waals surface area contributed by atoms with Crippen LogP contribution in [0.5, 0.6) is 11.5 Å². The van der Waals surface area contributed by atoms with Gasteiger partial charge in [0.05, 0.1) is 6.10 Å². The first-order valence-corrected chi connectivity index (χ1v) is 7.62. The zero-order chi connectivity index (χ0) is 16.2. The zero-order valence-electron chi connectivity index (χ0n) is 12.3. The Morgan fingerprint density at radius 1 is 1.17 bits per heavy atom. The van der Waals surface area contributed by atoms with E-state index in [1.165, 1.54) is 0 Å². The van der Waals surface area contributed by atoms with Crippen molar-refractivity contribution in [3.05, 3.63) is 58.6 Å². The number of rotatable bonds is 4. The second kappa shape index (κ2) is 6.89. The van der Waals surface area contributed by atoms with Crippen LogP contribution in [0.3, 0.4) is 0 Å². The van der Waals surface area contributed by atoms with Gasteiger partial charge in [-0.15, -0.1) is 0 Å². The molecule has 0 spiro atoms. The summed E-state index contributed by atoms with van der Waals surface area (Å²) in [4.78, 5) is 12.0. The molecule has 0 aromatic heterocycles. The van der Waals surface area contributed by atoms with Crippen LogP contribution in [-0.4, -0.2) is 30.8 Å². The normalized spacial score (nSPS) is 14.2. The molecule has 23 heavy (non-hydrogen) atoms. The lowest BCUT2D eigenvalue weighted by Gasteiger charge is -2.20. The van der Waals surface area contributed by atoms with Crippen LogP contribution in [0.25, 0.3) is 0 Å². The predicted molar refractivity (Wildman–Crippen MR) is 86.2 cm³/mol. The molecule has 1 unspecified atom stereocenters. The summed E-state index contributed by atoms with van der Waals surface area (Å²) >= 11 is 5.86. The average molecular weight is 334 g/mol. The van der Waals surface area contributed by atoms with Crippen molar-refractivity contribution < 1.29 is 19.4 Å². The third-order valence-electron chi connectivity index (χ3n) is 3.49. The van der Waals surface area contributed by atoms with Crippen LogP contribution in [0.15, 0.2) is 42.5 Å². The lowest BCUT2D eigenvalue weighted by molar-refractivity contribution is 0.0916. The Bertz CT molecular complexity index is 719. The van der Waals surface area contributed by atoms with Gasteiger partial charge in [0.15, 0.2) is 11.5 Å². The van der Waals surface area contributed by atoms with Gasteiger partial charge in [-0.3, -0.25) is 4.79 Å². The van der Waals surface area contributed by atoms with E-state index >= 15 is 0 Å². The lowest BCUT2D eigenvalue weighted by atomic mass is 10.1. The number of aliphatic hydroxyl groups excluding tert-OH is 1. The van der Waals surface area contributed by atoms with E-state index in [2.05, 4.69) is 5.32 Å². The third-order valence-corrected chi connectivity index (χ3v) is 3.73. The molecule has 1 amide bonds. The fraction of sp³-hybridized carbons (Fsp3) is 0.235. The molecular formula is C17H16ClNO4. The highest BCUT2D eigenvalue weighted by molar-refractivity contribution is 6.30. The summed E-state index contributed by atoms with van der Waals surface area (Å²) in [6.07, 6.45) is -0.839. The van der Waals surface area contributed by atoms with E-state index in [4.69, 9.17) is 21.1 Å². The van der Waals surface area contributed by atoms with Crippen LogP contribution < -0.4 is 14.8 Å². The Morgan fingerprint density at radius 2 is 1.96 bits per heavy atom. The summed E-state index contributed by atoms with van der Waals surface area (Å²) in [7, 11) is 0. The Hall–Kier alpha value is -2.24. The molecule has 0 fully saturated rings. The van der Waals surface area contributed by atoms with Gasteiger partial charge in [-0.25, -0.2) is 0 Å². The number of carbonyl (C=O) groups is 1. The van der Waals surface area contributed by atoms with Gasteiger partial charge in [0, 0.05) is 17.1 Å². The van der Waals surface area contributed by atoms with E-state index in [0.717, 1.165) is 0 Å². The van der Waals surface area contributed by atoms with E-state index in [1.54, 1.807) is 42.5 Å². The second-order valence-corrected chi connectivity index (χ2v) is 5.58. The maximum Gasteiger partial charge on any atom is 0.251 e. The summed E-state index contributed by atoms with van der Waals surface area (Å²) in [5.74, 6) is 0.980. The average Bonchev–Trinajstić information content (AvgIpc) is 2.59. The Morgan fingerprint density at radius 3 is 2.74 bits per heavy atom. The second-order valence-electron chi connectivity index (χ2n) is 5.14. The molecule has 0 saturated carbocycles. The quantitative estimate of drug-likeness (QED) is 0.902. The summed E-state index contributed by atoms with van der Waals surface area (Å²) in [6.45, 7) is 1.09. The van der Waals surface area contributed by atoms with Crippen LogP contribution >= 0.6 is 11.6 Å². The van der Waals surface area contributed by atoms with Crippen molar-refractivity contribution in [2.24, 2.45) is 0 Å². The van der Waals surface area contributed by atoms with E-state index in [0.29, 0.717) is 40.9 Å². The molecule has 0 saturated heterocycles. The molecule has 1 aliphatic rings. The van der Waals surface area contributed by atoms with Crippen LogP contribution in [0.4, 0.5) is 0 Å². The number of hydrogen-bond donors (Lipinski definition) is 2. The Kier molecular flexibility index (Phi) is 4.69. The minimum absolute atomic E-state index is 0.0883.